The molecule has 0 bridgehead atoms. The van der Waals surface area contributed by atoms with E-state index in [4.69, 9.17) is 0 Å². The van der Waals surface area contributed by atoms with Crippen LogP contribution in [0.4, 0.5) is 26.3 Å². The standard InChI is InChI=1S/C16H12F6N4O2/c1-2-28-16(21,22)14-25-24-12-4-3-9(7-26(12)14)10-5-11(17)13(23-6-10)27-8-15(18,19)20/h3-7H,2,8H2,1H3. The maximum absolute atomic E-state index is 14.0. The lowest BCUT2D eigenvalue weighted by Gasteiger charge is -2.14. The number of hydrogen-bond acceptors (Lipinski definition) is 5. The number of fused-ring (bicyclic) bond motifs is 1. The van der Waals surface area contributed by atoms with E-state index in [2.05, 4.69) is 24.7 Å². The van der Waals surface area contributed by atoms with E-state index in [1.807, 2.05) is 0 Å². The van der Waals surface area contributed by atoms with Crippen molar-refractivity contribution >= 4 is 5.65 Å². The minimum absolute atomic E-state index is 0.0942. The van der Waals surface area contributed by atoms with Gasteiger partial charge in [-0.05, 0) is 25.1 Å². The van der Waals surface area contributed by atoms with Crippen LogP contribution >= 0.6 is 0 Å². The molecule has 0 saturated carbocycles. The number of ether oxygens (including phenoxy) is 2. The Kier molecular flexibility index (Phi) is 5.15. The monoisotopic (exact) mass is 406 g/mol. The molecule has 3 aromatic heterocycles. The van der Waals surface area contributed by atoms with E-state index in [1.54, 1.807) is 0 Å². The number of rotatable bonds is 6. The Hall–Kier alpha value is -2.89. The fourth-order valence-corrected chi connectivity index (χ4v) is 2.35. The van der Waals surface area contributed by atoms with E-state index in [-0.39, 0.29) is 23.4 Å². The third kappa shape index (κ3) is 4.16. The summed E-state index contributed by atoms with van der Waals surface area (Å²) in [4.78, 5) is 3.52. The number of nitrogens with zero attached hydrogens (tertiary/aromatic N) is 4. The van der Waals surface area contributed by atoms with Crippen molar-refractivity contribution in [3.8, 4) is 17.0 Å². The van der Waals surface area contributed by atoms with Crippen molar-refractivity contribution in [1.29, 1.82) is 0 Å². The number of aromatic nitrogens is 4. The van der Waals surface area contributed by atoms with Crippen molar-refractivity contribution in [1.82, 2.24) is 19.6 Å². The first-order valence-corrected chi connectivity index (χ1v) is 7.83. The summed E-state index contributed by atoms with van der Waals surface area (Å²) in [5.41, 5.74) is 0.462. The average Bonchev–Trinajstić information content (AvgIpc) is 3.04. The van der Waals surface area contributed by atoms with Crippen molar-refractivity contribution in [2.45, 2.75) is 19.2 Å². The molecule has 0 radical (unpaired) electrons. The molecule has 150 valence electrons. The Morgan fingerprint density at radius 1 is 1.07 bits per heavy atom. The molecule has 0 aliphatic heterocycles. The van der Waals surface area contributed by atoms with Crippen LogP contribution in [0.2, 0.25) is 0 Å². The topological polar surface area (TPSA) is 61.5 Å². The highest BCUT2D eigenvalue weighted by molar-refractivity contribution is 5.64. The zero-order valence-corrected chi connectivity index (χ0v) is 14.2. The van der Waals surface area contributed by atoms with E-state index in [0.717, 1.165) is 16.7 Å². The van der Waals surface area contributed by atoms with Crippen LogP contribution in [-0.2, 0) is 10.8 Å². The second-order valence-corrected chi connectivity index (χ2v) is 5.53. The van der Waals surface area contributed by atoms with Gasteiger partial charge in [-0.1, -0.05) is 0 Å². The van der Waals surface area contributed by atoms with E-state index in [0.29, 0.717) is 0 Å². The molecular formula is C16H12F6N4O2. The first-order valence-electron chi connectivity index (χ1n) is 7.83. The van der Waals surface area contributed by atoms with Crippen LogP contribution in [0.1, 0.15) is 12.7 Å². The minimum atomic E-state index is -4.64. The Morgan fingerprint density at radius 3 is 2.46 bits per heavy atom. The predicted octanol–water partition coefficient (Wildman–Crippen LogP) is 3.96. The molecule has 0 amide bonds. The lowest BCUT2D eigenvalue weighted by molar-refractivity contribution is -0.251. The molecular weight excluding hydrogens is 394 g/mol. The lowest BCUT2D eigenvalue weighted by Crippen LogP contribution is -2.21. The third-order valence-corrected chi connectivity index (χ3v) is 3.50. The first kappa shape index (κ1) is 19.9. The van der Waals surface area contributed by atoms with Gasteiger partial charge in [0.2, 0.25) is 5.82 Å². The smallest absolute Gasteiger partial charge is 0.422 e. The molecule has 12 heteroatoms. The quantitative estimate of drug-likeness (QED) is 0.580. The van der Waals surface area contributed by atoms with Gasteiger partial charge in [0.25, 0.3) is 5.88 Å². The minimum Gasteiger partial charge on any atom is -0.466 e. The van der Waals surface area contributed by atoms with E-state index < -0.39 is 36.4 Å². The van der Waals surface area contributed by atoms with Gasteiger partial charge in [0.15, 0.2) is 18.1 Å². The van der Waals surface area contributed by atoms with E-state index >= 15 is 0 Å². The van der Waals surface area contributed by atoms with Gasteiger partial charge < -0.3 is 9.47 Å². The summed E-state index contributed by atoms with van der Waals surface area (Å²) in [6.07, 6.45) is -6.08. The second kappa shape index (κ2) is 7.26. The van der Waals surface area contributed by atoms with E-state index in [1.165, 1.54) is 25.3 Å². The second-order valence-electron chi connectivity index (χ2n) is 5.53. The summed E-state index contributed by atoms with van der Waals surface area (Å²) in [7, 11) is 0. The summed E-state index contributed by atoms with van der Waals surface area (Å²) < 4.78 is 88.2. The van der Waals surface area contributed by atoms with Crippen LogP contribution in [0.5, 0.6) is 5.88 Å². The molecule has 0 aliphatic carbocycles. The molecule has 0 aliphatic rings. The zero-order chi connectivity index (χ0) is 20.5. The molecule has 0 N–H and O–H groups in total. The highest BCUT2D eigenvalue weighted by Crippen LogP contribution is 2.30. The number of hydrogen-bond donors (Lipinski definition) is 0. The number of pyridine rings is 2. The van der Waals surface area contributed by atoms with Crippen LogP contribution in [0.25, 0.3) is 16.8 Å². The third-order valence-electron chi connectivity index (χ3n) is 3.50. The summed E-state index contributed by atoms with van der Waals surface area (Å²) in [6.45, 7) is -0.575. The molecule has 0 spiro atoms. The van der Waals surface area contributed by atoms with Gasteiger partial charge in [-0.25, -0.2) is 9.37 Å². The van der Waals surface area contributed by atoms with Crippen molar-refractivity contribution < 1.29 is 35.8 Å². The molecule has 3 heterocycles. The van der Waals surface area contributed by atoms with Crippen molar-refractivity contribution in [2.75, 3.05) is 13.2 Å². The van der Waals surface area contributed by atoms with Gasteiger partial charge in [0, 0.05) is 23.5 Å². The predicted molar refractivity (Wildman–Crippen MR) is 83.2 cm³/mol. The Morgan fingerprint density at radius 2 is 1.82 bits per heavy atom. The van der Waals surface area contributed by atoms with Crippen molar-refractivity contribution in [3.05, 3.63) is 42.2 Å². The highest BCUT2D eigenvalue weighted by Gasteiger charge is 2.38. The molecule has 3 aromatic rings. The van der Waals surface area contributed by atoms with Gasteiger partial charge >= 0.3 is 12.3 Å². The molecule has 28 heavy (non-hydrogen) atoms. The summed E-state index contributed by atoms with van der Waals surface area (Å²) in [5, 5.41) is 7.04. The molecule has 6 nitrogen and oxygen atoms in total. The molecule has 0 atom stereocenters. The van der Waals surface area contributed by atoms with Crippen LogP contribution in [0.3, 0.4) is 0 Å². The maximum Gasteiger partial charge on any atom is 0.422 e. The van der Waals surface area contributed by atoms with Crippen LogP contribution in [-0.4, -0.2) is 39.0 Å². The molecule has 0 unspecified atom stereocenters. The van der Waals surface area contributed by atoms with E-state index in [9.17, 15) is 26.3 Å². The van der Waals surface area contributed by atoms with Crippen molar-refractivity contribution in [3.63, 3.8) is 0 Å². The number of alkyl halides is 5. The van der Waals surface area contributed by atoms with Crippen LogP contribution in [0, 0.1) is 5.82 Å². The summed E-state index contributed by atoms with van der Waals surface area (Å²) in [6, 6.07) is 3.68. The van der Waals surface area contributed by atoms with Crippen molar-refractivity contribution in [2.24, 2.45) is 0 Å². The Labute approximate surface area is 153 Å². The van der Waals surface area contributed by atoms with Gasteiger partial charge in [0.05, 0.1) is 6.61 Å². The normalized spacial score (nSPS) is 12.5. The van der Waals surface area contributed by atoms with Crippen LogP contribution in [0.15, 0.2) is 30.6 Å². The molecule has 0 aromatic carbocycles. The van der Waals surface area contributed by atoms with Crippen LogP contribution < -0.4 is 4.74 Å². The van der Waals surface area contributed by atoms with Gasteiger partial charge in [-0.2, -0.15) is 22.0 Å². The molecule has 0 fully saturated rings. The molecule has 3 rings (SSSR count). The Bertz CT molecular complexity index is 989. The molecule has 0 saturated heterocycles. The lowest BCUT2D eigenvalue weighted by atomic mass is 10.1. The van der Waals surface area contributed by atoms with Gasteiger partial charge in [-0.15, -0.1) is 10.2 Å². The average molecular weight is 406 g/mol. The maximum atomic E-state index is 14.0. The van der Waals surface area contributed by atoms with Gasteiger partial charge in [-0.3, -0.25) is 4.40 Å². The fourth-order valence-electron chi connectivity index (χ4n) is 2.35. The summed E-state index contributed by atoms with van der Waals surface area (Å²) in [5.74, 6) is -2.73. The van der Waals surface area contributed by atoms with Gasteiger partial charge in [0.1, 0.15) is 0 Å². The zero-order valence-electron chi connectivity index (χ0n) is 14.2. The fraction of sp³-hybridized carbons (Fsp3) is 0.312. The SMILES string of the molecule is CCOC(F)(F)c1nnc2ccc(-c3cnc(OCC(F)(F)F)c(F)c3)cn12. The first-order chi connectivity index (χ1) is 13.1. The largest absolute Gasteiger partial charge is 0.466 e. The highest BCUT2D eigenvalue weighted by atomic mass is 19.4. The number of halogens is 6. The Balaban J connectivity index is 1.94. The summed E-state index contributed by atoms with van der Waals surface area (Å²) >= 11 is 0.